The van der Waals surface area contributed by atoms with Crippen LogP contribution in [0.3, 0.4) is 0 Å². The minimum atomic E-state index is -0.632. The summed E-state index contributed by atoms with van der Waals surface area (Å²) in [6.07, 6.45) is 3.23. The lowest BCUT2D eigenvalue weighted by Gasteiger charge is -2.25. The standard InChI is InChI=1S/C16H24N2O/c1-4-11-18-14-10-8-7-9-13(14)17-15(18)12-16(19,5-2)6-3/h7-10,19H,4-6,11-12H2,1-3H3. The Labute approximate surface area is 115 Å². The number of rotatable bonds is 6. The van der Waals surface area contributed by atoms with Crippen LogP contribution < -0.4 is 0 Å². The lowest BCUT2D eigenvalue weighted by atomic mass is 9.93. The number of hydrogen-bond donors (Lipinski definition) is 1. The smallest absolute Gasteiger partial charge is 0.112 e. The van der Waals surface area contributed by atoms with Gasteiger partial charge in [-0.15, -0.1) is 0 Å². The molecule has 2 rings (SSSR count). The van der Waals surface area contributed by atoms with Gasteiger partial charge in [0, 0.05) is 13.0 Å². The van der Waals surface area contributed by atoms with Crippen molar-refractivity contribution >= 4 is 11.0 Å². The van der Waals surface area contributed by atoms with Crippen LogP contribution in [-0.4, -0.2) is 20.3 Å². The summed E-state index contributed by atoms with van der Waals surface area (Å²) in [5, 5.41) is 10.5. The number of aliphatic hydroxyl groups is 1. The van der Waals surface area contributed by atoms with Crippen LogP contribution in [0.2, 0.25) is 0 Å². The molecule has 0 amide bonds. The topological polar surface area (TPSA) is 38.0 Å². The zero-order chi connectivity index (χ0) is 13.9. The minimum absolute atomic E-state index is 0.632. The van der Waals surface area contributed by atoms with Crippen LogP contribution in [0.1, 0.15) is 45.9 Å². The second-order valence-corrected chi connectivity index (χ2v) is 5.28. The quantitative estimate of drug-likeness (QED) is 0.862. The molecule has 2 aromatic rings. The van der Waals surface area contributed by atoms with Crippen molar-refractivity contribution in [2.45, 2.75) is 58.6 Å². The maximum Gasteiger partial charge on any atom is 0.112 e. The van der Waals surface area contributed by atoms with Gasteiger partial charge in [-0.25, -0.2) is 4.98 Å². The molecular weight excluding hydrogens is 236 g/mol. The molecule has 0 saturated carbocycles. The van der Waals surface area contributed by atoms with E-state index in [4.69, 9.17) is 4.98 Å². The number of benzene rings is 1. The Bertz CT molecular complexity index is 541. The molecule has 0 atom stereocenters. The first-order valence-electron chi connectivity index (χ1n) is 7.30. The highest BCUT2D eigenvalue weighted by Gasteiger charge is 2.25. The first-order valence-corrected chi connectivity index (χ1v) is 7.30. The molecule has 0 spiro atoms. The normalized spacial score (nSPS) is 12.2. The van der Waals surface area contributed by atoms with Gasteiger partial charge in [-0.2, -0.15) is 0 Å². The van der Waals surface area contributed by atoms with Crippen LogP contribution in [0.25, 0.3) is 11.0 Å². The summed E-state index contributed by atoms with van der Waals surface area (Å²) in [6.45, 7) is 7.20. The van der Waals surface area contributed by atoms with E-state index in [1.54, 1.807) is 0 Å². The average molecular weight is 260 g/mol. The van der Waals surface area contributed by atoms with Crippen molar-refractivity contribution in [2.75, 3.05) is 0 Å². The van der Waals surface area contributed by atoms with Crippen molar-refractivity contribution in [3.05, 3.63) is 30.1 Å². The first-order chi connectivity index (χ1) is 9.13. The minimum Gasteiger partial charge on any atom is -0.389 e. The zero-order valence-corrected chi connectivity index (χ0v) is 12.2. The summed E-state index contributed by atoms with van der Waals surface area (Å²) in [7, 11) is 0. The van der Waals surface area contributed by atoms with Gasteiger partial charge in [-0.1, -0.05) is 32.9 Å². The SMILES string of the molecule is CCCn1c(CC(O)(CC)CC)nc2ccccc21. The van der Waals surface area contributed by atoms with Gasteiger partial charge < -0.3 is 9.67 Å². The molecule has 0 aliphatic carbocycles. The van der Waals surface area contributed by atoms with E-state index in [0.29, 0.717) is 6.42 Å². The van der Waals surface area contributed by atoms with E-state index in [0.717, 1.165) is 37.1 Å². The van der Waals surface area contributed by atoms with E-state index in [9.17, 15) is 5.11 Å². The van der Waals surface area contributed by atoms with E-state index in [1.165, 1.54) is 5.52 Å². The molecule has 104 valence electrons. The van der Waals surface area contributed by atoms with Gasteiger partial charge in [0.2, 0.25) is 0 Å². The molecule has 0 radical (unpaired) electrons. The Morgan fingerprint density at radius 2 is 1.84 bits per heavy atom. The van der Waals surface area contributed by atoms with Gasteiger partial charge in [0.1, 0.15) is 5.82 Å². The molecule has 1 N–H and O–H groups in total. The van der Waals surface area contributed by atoms with Crippen LogP contribution >= 0.6 is 0 Å². The molecule has 0 saturated heterocycles. The van der Waals surface area contributed by atoms with Crippen molar-refractivity contribution in [3.63, 3.8) is 0 Å². The number of hydrogen-bond acceptors (Lipinski definition) is 2. The number of nitrogens with zero attached hydrogens (tertiary/aromatic N) is 2. The summed E-state index contributed by atoms with van der Waals surface area (Å²) < 4.78 is 2.26. The largest absolute Gasteiger partial charge is 0.389 e. The third-order valence-electron chi connectivity index (χ3n) is 3.98. The summed E-state index contributed by atoms with van der Waals surface area (Å²) in [5.41, 5.74) is 1.57. The number of para-hydroxylation sites is 2. The fourth-order valence-corrected chi connectivity index (χ4v) is 2.53. The molecule has 0 unspecified atom stereocenters. The lowest BCUT2D eigenvalue weighted by Crippen LogP contribution is -2.31. The van der Waals surface area contributed by atoms with Gasteiger partial charge in [0.25, 0.3) is 0 Å². The van der Waals surface area contributed by atoms with Crippen molar-refractivity contribution in [1.29, 1.82) is 0 Å². The molecule has 1 aromatic carbocycles. The predicted octanol–water partition coefficient (Wildman–Crippen LogP) is 3.54. The predicted molar refractivity (Wildman–Crippen MR) is 79.3 cm³/mol. The number of imidazole rings is 1. The molecule has 19 heavy (non-hydrogen) atoms. The molecule has 0 aliphatic heterocycles. The first kappa shape index (κ1) is 14.1. The van der Waals surface area contributed by atoms with E-state index >= 15 is 0 Å². The molecule has 3 heteroatoms. The van der Waals surface area contributed by atoms with E-state index < -0.39 is 5.60 Å². The summed E-state index contributed by atoms with van der Waals surface area (Å²) in [4.78, 5) is 4.72. The van der Waals surface area contributed by atoms with Gasteiger partial charge in [0.15, 0.2) is 0 Å². The third kappa shape index (κ3) is 2.81. The monoisotopic (exact) mass is 260 g/mol. The molecule has 0 aliphatic rings. The Morgan fingerprint density at radius 3 is 2.47 bits per heavy atom. The molecule has 1 aromatic heterocycles. The third-order valence-corrected chi connectivity index (χ3v) is 3.98. The zero-order valence-electron chi connectivity index (χ0n) is 12.2. The van der Waals surface area contributed by atoms with E-state index in [-0.39, 0.29) is 0 Å². The fourth-order valence-electron chi connectivity index (χ4n) is 2.53. The van der Waals surface area contributed by atoms with Gasteiger partial charge in [-0.3, -0.25) is 0 Å². The second-order valence-electron chi connectivity index (χ2n) is 5.28. The van der Waals surface area contributed by atoms with Gasteiger partial charge in [0.05, 0.1) is 16.6 Å². The maximum atomic E-state index is 10.5. The average Bonchev–Trinajstić information content (AvgIpc) is 2.77. The summed E-state index contributed by atoms with van der Waals surface area (Å²) >= 11 is 0. The van der Waals surface area contributed by atoms with E-state index in [1.807, 2.05) is 32.0 Å². The number of fused-ring (bicyclic) bond motifs is 1. The van der Waals surface area contributed by atoms with Crippen LogP contribution in [0.4, 0.5) is 0 Å². The van der Waals surface area contributed by atoms with Crippen LogP contribution in [0.5, 0.6) is 0 Å². The number of aryl methyl sites for hydroxylation is 1. The molecule has 3 nitrogen and oxygen atoms in total. The Balaban J connectivity index is 2.44. The highest BCUT2D eigenvalue weighted by Crippen LogP contribution is 2.24. The maximum absolute atomic E-state index is 10.5. The molecule has 0 bridgehead atoms. The molecule has 0 fully saturated rings. The number of aromatic nitrogens is 2. The molecule has 1 heterocycles. The van der Waals surface area contributed by atoms with Crippen molar-refractivity contribution in [1.82, 2.24) is 9.55 Å². The van der Waals surface area contributed by atoms with Gasteiger partial charge in [-0.05, 0) is 31.4 Å². The van der Waals surface area contributed by atoms with E-state index in [2.05, 4.69) is 17.6 Å². The van der Waals surface area contributed by atoms with Crippen molar-refractivity contribution in [2.24, 2.45) is 0 Å². The fraction of sp³-hybridized carbons (Fsp3) is 0.562. The lowest BCUT2D eigenvalue weighted by molar-refractivity contribution is 0.0300. The highest BCUT2D eigenvalue weighted by atomic mass is 16.3. The van der Waals surface area contributed by atoms with Crippen LogP contribution in [-0.2, 0) is 13.0 Å². The van der Waals surface area contributed by atoms with Crippen molar-refractivity contribution in [3.8, 4) is 0 Å². The van der Waals surface area contributed by atoms with Gasteiger partial charge >= 0.3 is 0 Å². The summed E-state index contributed by atoms with van der Waals surface area (Å²) in [6, 6.07) is 8.22. The molecular formula is C16H24N2O. The van der Waals surface area contributed by atoms with Crippen molar-refractivity contribution < 1.29 is 5.11 Å². The van der Waals surface area contributed by atoms with Crippen LogP contribution in [0.15, 0.2) is 24.3 Å². The Kier molecular flexibility index (Phi) is 4.25. The van der Waals surface area contributed by atoms with Crippen LogP contribution in [0, 0.1) is 0 Å². The summed E-state index contributed by atoms with van der Waals surface area (Å²) in [5.74, 6) is 1.01. The Morgan fingerprint density at radius 1 is 1.16 bits per heavy atom. The Hall–Kier alpha value is -1.35. The highest BCUT2D eigenvalue weighted by molar-refractivity contribution is 5.75. The second kappa shape index (κ2) is 5.74.